The SMILES string of the molecule is CCn1c2ccccc2c2cc(/C=C3/N=C(SCC(=O)Nc4ccccc4OC(F)(F)F)N(c4ccccc4)C3=O)ccc21. The van der Waals surface area contributed by atoms with Gasteiger partial charge in [-0.2, -0.15) is 0 Å². The van der Waals surface area contributed by atoms with E-state index in [1.165, 1.54) is 23.1 Å². The third-order valence-corrected chi connectivity index (χ3v) is 7.92. The lowest BCUT2D eigenvalue weighted by Crippen LogP contribution is -2.31. The number of ether oxygens (including phenoxy) is 1. The highest BCUT2D eigenvalue weighted by atomic mass is 32.2. The van der Waals surface area contributed by atoms with Crippen molar-refractivity contribution in [2.75, 3.05) is 16.0 Å². The van der Waals surface area contributed by atoms with Gasteiger partial charge in [-0.3, -0.25) is 14.5 Å². The maximum Gasteiger partial charge on any atom is 0.573 e. The van der Waals surface area contributed by atoms with Crippen molar-refractivity contribution in [2.24, 2.45) is 4.99 Å². The van der Waals surface area contributed by atoms with Crippen LogP contribution in [0.4, 0.5) is 24.5 Å². The van der Waals surface area contributed by atoms with Gasteiger partial charge in [0.25, 0.3) is 5.91 Å². The first-order valence-electron chi connectivity index (χ1n) is 13.7. The molecular weight excluding hydrogens is 589 g/mol. The number of hydrogen-bond acceptors (Lipinski definition) is 5. The molecule has 2 heterocycles. The summed E-state index contributed by atoms with van der Waals surface area (Å²) < 4.78 is 44.7. The number of amidine groups is 1. The van der Waals surface area contributed by atoms with Crippen molar-refractivity contribution in [1.29, 1.82) is 0 Å². The van der Waals surface area contributed by atoms with E-state index in [1.807, 2.05) is 36.4 Å². The number of rotatable bonds is 7. The second-order valence-corrected chi connectivity index (χ2v) is 10.8. The molecule has 1 aromatic heterocycles. The first kappa shape index (κ1) is 29.1. The molecule has 4 aromatic carbocycles. The normalized spacial score (nSPS) is 14.5. The minimum Gasteiger partial charge on any atom is -0.404 e. The van der Waals surface area contributed by atoms with Gasteiger partial charge in [-0.1, -0.05) is 66.4 Å². The lowest BCUT2D eigenvalue weighted by Gasteiger charge is -2.18. The Morgan fingerprint density at radius 3 is 2.41 bits per heavy atom. The lowest BCUT2D eigenvalue weighted by atomic mass is 10.1. The van der Waals surface area contributed by atoms with Crippen molar-refractivity contribution >= 4 is 68.0 Å². The number of fused-ring (bicyclic) bond motifs is 3. The Balaban J connectivity index is 1.28. The highest BCUT2D eigenvalue weighted by Gasteiger charge is 2.34. The monoisotopic (exact) mass is 614 g/mol. The number of aryl methyl sites for hydroxylation is 1. The van der Waals surface area contributed by atoms with E-state index in [0.717, 1.165) is 51.7 Å². The molecule has 0 atom stereocenters. The molecule has 0 spiro atoms. The molecule has 0 aliphatic carbocycles. The Labute approximate surface area is 254 Å². The van der Waals surface area contributed by atoms with Gasteiger partial charge in [0.1, 0.15) is 5.70 Å². The van der Waals surface area contributed by atoms with Gasteiger partial charge in [-0.15, -0.1) is 13.2 Å². The number of aromatic nitrogens is 1. The molecule has 5 aromatic rings. The van der Waals surface area contributed by atoms with E-state index < -0.39 is 18.0 Å². The van der Waals surface area contributed by atoms with Crippen molar-refractivity contribution in [3.63, 3.8) is 0 Å². The van der Waals surface area contributed by atoms with Gasteiger partial charge in [0, 0.05) is 28.4 Å². The topological polar surface area (TPSA) is 75.9 Å². The summed E-state index contributed by atoms with van der Waals surface area (Å²) in [5, 5.41) is 4.90. The third kappa shape index (κ3) is 5.91. The van der Waals surface area contributed by atoms with Crippen LogP contribution in [-0.4, -0.2) is 33.7 Å². The van der Waals surface area contributed by atoms with Gasteiger partial charge in [0.2, 0.25) is 5.91 Å². The van der Waals surface area contributed by atoms with Crippen molar-refractivity contribution in [3.8, 4) is 5.75 Å². The van der Waals surface area contributed by atoms with E-state index in [1.54, 1.807) is 30.3 Å². The fourth-order valence-corrected chi connectivity index (χ4v) is 5.97. The van der Waals surface area contributed by atoms with Crippen LogP contribution in [0.2, 0.25) is 0 Å². The number of halogens is 3. The predicted molar refractivity (Wildman–Crippen MR) is 169 cm³/mol. The van der Waals surface area contributed by atoms with Crippen molar-refractivity contribution in [3.05, 3.63) is 108 Å². The van der Waals surface area contributed by atoms with Gasteiger partial charge in [0.15, 0.2) is 10.9 Å². The quantitative estimate of drug-likeness (QED) is 0.190. The van der Waals surface area contributed by atoms with E-state index in [9.17, 15) is 22.8 Å². The molecule has 7 nitrogen and oxygen atoms in total. The zero-order valence-corrected chi connectivity index (χ0v) is 24.2. The Morgan fingerprint density at radius 2 is 1.64 bits per heavy atom. The van der Waals surface area contributed by atoms with E-state index in [4.69, 9.17) is 0 Å². The molecule has 222 valence electrons. The number of carbonyl (C=O) groups excluding carboxylic acids is 2. The largest absolute Gasteiger partial charge is 0.573 e. The highest BCUT2D eigenvalue weighted by Crippen LogP contribution is 2.34. The molecule has 0 radical (unpaired) electrons. The summed E-state index contributed by atoms with van der Waals surface area (Å²) in [6, 6.07) is 28.4. The number of aliphatic imine (C=N–C) groups is 1. The molecule has 0 fully saturated rings. The Hall–Kier alpha value is -5.03. The second-order valence-electron chi connectivity index (χ2n) is 9.82. The molecule has 2 amide bonds. The van der Waals surface area contributed by atoms with Crippen LogP contribution in [0.25, 0.3) is 27.9 Å². The Bertz CT molecular complexity index is 1950. The maximum absolute atomic E-state index is 13.7. The van der Waals surface area contributed by atoms with E-state index in [2.05, 4.69) is 38.7 Å². The van der Waals surface area contributed by atoms with Crippen LogP contribution in [0.1, 0.15) is 12.5 Å². The van der Waals surface area contributed by atoms with E-state index in [0.29, 0.717) is 5.69 Å². The number of nitrogens with one attached hydrogen (secondary N) is 1. The minimum atomic E-state index is -4.91. The summed E-state index contributed by atoms with van der Waals surface area (Å²) in [6.07, 6.45) is -3.20. The predicted octanol–water partition coefficient (Wildman–Crippen LogP) is 7.83. The number of carbonyl (C=O) groups is 2. The van der Waals surface area contributed by atoms with Gasteiger partial charge < -0.3 is 14.6 Å². The van der Waals surface area contributed by atoms with Crippen molar-refractivity contribution in [2.45, 2.75) is 19.8 Å². The van der Waals surface area contributed by atoms with Crippen LogP contribution in [0.3, 0.4) is 0 Å². The Morgan fingerprint density at radius 1 is 0.932 bits per heavy atom. The molecule has 0 bridgehead atoms. The molecule has 11 heteroatoms. The number of amides is 2. The van der Waals surface area contributed by atoms with Crippen LogP contribution in [0.15, 0.2) is 108 Å². The fraction of sp³-hybridized carbons (Fsp3) is 0.121. The number of hydrogen-bond donors (Lipinski definition) is 1. The molecule has 1 aliphatic rings. The fourth-order valence-electron chi connectivity index (χ4n) is 5.16. The number of nitrogens with zero attached hydrogens (tertiary/aromatic N) is 3. The van der Waals surface area contributed by atoms with Gasteiger partial charge >= 0.3 is 6.36 Å². The van der Waals surface area contributed by atoms with Crippen molar-refractivity contribution in [1.82, 2.24) is 4.57 Å². The maximum atomic E-state index is 13.7. The summed E-state index contributed by atoms with van der Waals surface area (Å²) in [7, 11) is 0. The summed E-state index contributed by atoms with van der Waals surface area (Å²) in [5.74, 6) is -1.70. The van der Waals surface area contributed by atoms with Crippen LogP contribution >= 0.6 is 11.8 Å². The molecule has 0 saturated heterocycles. The molecule has 1 N–H and O–H groups in total. The standard InChI is InChI=1S/C33H25F3N4O3S/c1-2-39-27-14-8-6-12-23(27)24-18-21(16-17-28(24)39)19-26-31(42)40(22-10-4-3-5-11-22)32(38-26)44-20-30(41)37-25-13-7-9-15-29(25)43-33(34,35)36/h3-19H,2,20H2,1H3,(H,37,41)/b26-19+. The van der Waals surface area contributed by atoms with Gasteiger partial charge in [-0.05, 0) is 61.0 Å². The molecule has 44 heavy (non-hydrogen) atoms. The minimum absolute atomic E-state index is 0.125. The second kappa shape index (κ2) is 11.9. The van der Waals surface area contributed by atoms with Crippen LogP contribution in [0, 0.1) is 0 Å². The molecule has 1 aliphatic heterocycles. The van der Waals surface area contributed by atoms with Crippen LogP contribution < -0.4 is 15.0 Å². The van der Waals surface area contributed by atoms with E-state index in [-0.39, 0.29) is 28.2 Å². The van der Waals surface area contributed by atoms with Crippen LogP contribution in [-0.2, 0) is 16.1 Å². The first-order valence-corrected chi connectivity index (χ1v) is 14.7. The molecular formula is C33H25F3N4O3S. The highest BCUT2D eigenvalue weighted by molar-refractivity contribution is 8.14. The smallest absolute Gasteiger partial charge is 0.404 e. The molecule has 6 rings (SSSR count). The molecule has 0 saturated carbocycles. The number of alkyl halides is 3. The van der Waals surface area contributed by atoms with Crippen molar-refractivity contribution < 1.29 is 27.5 Å². The number of para-hydroxylation sites is 4. The van der Waals surface area contributed by atoms with Crippen LogP contribution in [0.5, 0.6) is 5.75 Å². The third-order valence-electron chi connectivity index (χ3n) is 6.98. The number of thioether (sulfide) groups is 1. The first-order chi connectivity index (χ1) is 21.2. The lowest BCUT2D eigenvalue weighted by molar-refractivity contribution is -0.274. The van der Waals surface area contributed by atoms with Gasteiger partial charge in [0.05, 0.1) is 17.1 Å². The zero-order chi connectivity index (χ0) is 30.8. The zero-order valence-electron chi connectivity index (χ0n) is 23.3. The van der Waals surface area contributed by atoms with E-state index >= 15 is 0 Å². The number of benzene rings is 4. The molecule has 0 unspecified atom stereocenters. The summed E-state index contributed by atoms with van der Waals surface area (Å²) >= 11 is 0.998. The Kier molecular flexibility index (Phi) is 7.88. The van der Waals surface area contributed by atoms with Gasteiger partial charge in [-0.25, -0.2) is 4.99 Å². The number of anilines is 2. The average Bonchev–Trinajstić information content (AvgIpc) is 3.50. The summed E-state index contributed by atoms with van der Waals surface area (Å²) in [4.78, 5) is 32.5. The average molecular weight is 615 g/mol. The summed E-state index contributed by atoms with van der Waals surface area (Å²) in [5.41, 5.74) is 3.65. The summed E-state index contributed by atoms with van der Waals surface area (Å²) in [6.45, 7) is 2.91.